The van der Waals surface area contributed by atoms with Crippen LogP contribution in [0.25, 0.3) is 0 Å². The maximum atomic E-state index is 13.0. The number of carbonyl (C=O) groups excluding carboxylic acids is 2. The number of ether oxygens (including phenoxy) is 2. The zero-order valence-corrected chi connectivity index (χ0v) is 14.8. The average Bonchev–Trinajstić information content (AvgIpc) is 2.59. The van der Waals surface area contributed by atoms with Crippen molar-refractivity contribution in [2.24, 2.45) is 0 Å². The third-order valence-electron chi connectivity index (χ3n) is 3.81. The Kier molecular flexibility index (Phi) is 6.15. The molecule has 11 heteroatoms. The van der Waals surface area contributed by atoms with E-state index in [9.17, 15) is 31.5 Å². The lowest BCUT2D eigenvalue weighted by Crippen LogP contribution is -2.46. The second kappa shape index (κ2) is 8.03. The van der Waals surface area contributed by atoms with Gasteiger partial charge in [-0.05, 0) is 31.5 Å². The molecular formula is C17H17F5N2O4. The van der Waals surface area contributed by atoms with Gasteiger partial charge in [-0.2, -0.15) is 22.0 Å². The van der Waals surface area contributed by atoms with Crippen LogP contribution in [0.4, 0.5) is 26.7 Å². The lowest BCUT2D eigenvalue weighted by molar-refractivity contribution is -0.293. The fourth-order valence-electron chi connectivity index (χ4n) is 2.45. The molecular weight excluding hydrogens is 391 g/mol. The molecule has 1 aliphatic heterocycles. The summed E-state index contributed by atoms with van der Waals surface area (Å²) >= 11 is 0. The van der Waals surface area contributed by atoms with Gasteiger partial charge in [-0.15, -0.1) is 0 Å². The Bertz CT molecular complexity index is 775. The highest BCUT2D eigenvalue weighted by atomic mass is 19.4. The molecule has 0 radical (unpaired) electrons. The predicted molar refractivity (Wildman–Crippen MR) is 86.7 cm³/mol. The van der Waals surface area contributed by atoms with E-state index in [-0.39, 0.29) is 11.3 Å². The minimum Gasteiger partial charge on any atom is -0.494 e. The quantitative estimate of drug-likeness (QED) is 0.559. The van der Waals surface area contributed by atoms with Crippen LogP contribution in [0.1, 0.15) is 25.5 Å². The predicted octanol–water partition coefficient (Wildman–Crippen LogP) is 3.45. The molecule has 1 atom stereocenters. The topological polar surface area (TPSA) is 76.7 Å². The van der Waals surface area contributed by atoms with Crippen molar-refractivity contribution in [2.75, 3.05) is 13.2 Å². The first-order chi connectivity index (χ1) is 13.0. The molecule has 2 rings (SSSR count). The second-order valence-electron chi connectivity index (χ2n) is 5.85. The van der Waals surface area contributed by atoms with E-state index < -0.39 is 36.7 Å². The number of halogens is 5. The number of rotatable bonds is 6. The largest absolute Gasteiger partial charge is 0.494 e. The molecule has 0 saturated heterocycles. The molecule has 0 aliphatic carbocycles. The van der Waals surface area contributed by atoms with Crippen LogP contribution in [-0.2, 0) is 9.53 Å². The number of benzene rings is 1. The highest BCUT2D eigenvalue weighted by Gasteiger charge is 2.58. The number of nitrogens with one attached hydrogen (secondary N) is 2. The van der Waals surface area contributed by atoms with Crippen molar-refractivity contribution in [3.63, 3.8) is 0 Å². The molecule has 1 heterocycles. The van der Waals surface area contributed by atoms with Gasteiger partial charge in [-0.3, -0.25) is 0 Å². The molecule has 0 unspecified atom stereocenters. The molecule has 2 N–H and O–H groups in total. The molecule has 0 bridgehead atoms. The van der Waals surface area contributed by atoms with E-state index in [4.69, 9.17) is 4.74 Å². The molecule has 1 aromatic rings. The van der Waals surface area contributed by atoms with Gasteiger partial charge in [-0.25, -0.2) is 9.59 Å². The van der Waals surface area contributed by atoms with Gasteiger partial charge in [0.1, 0.15) is 5.75 Å². The van der Waals surface area contributed by atoms with Crippen LogP contribution in [0.15, 0.2) is 35.5 Å². The summed E-state index contributed by atoms with van der Waals surface area (Å²) in [6, 6.07) is 4.38. The lowest BCUT2D eigenvalue weighted by Gasteiger charge is -2.28. The van der Waals surface area contributed by atoms with Gasteiger partial charge in [0.15, 0.2) is 6.61 Å². The average molecular weight is 408 g/mol. The molecule has 0 aromatic heterocycles. The number of hydrogen-bond donors (Lipinski definition) is 2. The molecule has 6 nitrogen and oxygen atoms in total. The van der Waals surface area contributed by atoms with Crippen molar-refractivity contribution < 1.29 is 41.0 Å². The summed E-state index contributed by atoms with van der Waals surface area (Å²) in [7, 11) is 0. The van der Waals surface area contributed by atoms with Crippen molar-refractivity contribution in [3.8, 4) is 5.75 Å². The maximum absolute atomic E-state index is 13.0. The summed E-state index contributed by atoms with van der Waals surface area (Å²) in [6.45, 7) is 1.32. The Labute approximate surface area is 156 Å². The second-order valence-corrected chi connectivity index (χ2v) is 5.85. The Morgan fingerprint density at radius 3 is 2.29 bits per heavy atom. The smallest absolute Gasteiger partial charge is 0.456 e. The highest BCUT2D eigenvalue weighted by molar-refractivity contribution is 5.95. The van der Waals surface area contributed by atoms with E-state index in [0.717, 1.165) is 0 Å². The first kappa shape index (κ1) is 21.5. The van der Waals surface area contributed by atoms with Crippen molar-refractivity contribution in [2.45, 2.75) is 32.0 Å². The van der Waals surface area contributed by atoms with Crippen LogP contribution >= 0.6 is 0 Å². The molecule has 1 aliphatic rings. The Morgan fingerprint density at radius 1 is 1.14 bits per heavy atom. The van der Waals surface area contributed by atoms with Crippen LogP contribution in [0.2, 0.25) is 0 Å². The molecule has 1 aromatic carbocycles. The molecule has 154 valence electrons. The lowest BCUT2D eigenvalue weighted by atomic mass is 9.95. The minimum atomic E-state index is -5.86. The zero-order chi connectivity index (χ0) is 21.1. The van der Waals surface area contributed by atoms with Crippen LogP contribution in [-0.4, -0.2) is 37.3 Å². The summed E-state index contributed by atoms with van der Waals surface area (Å²) < 4.78 is 72.3. The Balaban J connectivity index is 2.26. The number of carbonyl (C=O) groups is 2. The van der Waals surface area contributed by atoms with Crippen LogP contribution < -0.4 is 15.4 Å². The molecule has 0 fully saturated rings. The molecule has 2 amide bonds. The summed E-state index contributed by atoms with van der Waals surface area (Å²) in [5, 5.41) is 4.68. The number of allylic oxidation sites excluding steroid dienone is 1. The number of esters is 1. The zero-order valence-electron chi connectivity index (χ0n) is 14.8. The minimum absolute atomic E-state index is 0.0250. The van der Waals surface area contributed by atoms with Crippen LogP contribution in [0.5, 0.6) is 5.75 Å². The van der Waals surface area contributed by atoms with E-state index >= 15 is 0 Å². The maximum Gasteiger partial charge on any atom is 0.456 e. The third kappa shape index (κ3) is 4.70. The van der Waals surface area contributed by atoms with Gasteiger partial charge in [0, 0.05) is 5.70 Å². The van der Waals surface area contributed by atoms with Gasteiger partial charge < -0.3 is 20.1 Å². The fourth-order valence-corrected chi connectivity index (χ4v) is 2.45. The monoisotopic (exact) mass is 408 g/mol. The van der Waals surface area contributed by atoms with Crippen molar-refractivity contribution in [3.05, 3.63) is 41.1 Å². The standard InChI is InChI=1S/C17H17F5N2O4/c1-3-27-11-6-4-10(5-7-11)13-12(9(2)23-15(26)24-13)14(25)28-8-16(18,19)17(20,21)22/h4-7,13H,3,8H2,1-2H3,(H2,23,24,26)/t13-/m0/s1. The van der Waals surface area contributed by atoms with Gasteiger partial charge in [0.25, 0.3) is 0 Å². The van der Waals surface area contributed by atoms with E-state index in [1.807, 2.05) is 0 Å². The van der Waals surface area contributed by atoms with Crippen molar-refractivity contribution in [1.29, 1.82) is 0 Å². The summed E-state index contributed by atoms with van der Waals surface area (Å²) in [5.74, 6) is -6.09. The van der Waals surface area contributed by atoms with E-state index in [1.54, 1.807) is 19.1 Å². The van der Waals surface area contributed by atoms with Gasteiger partial charge >= 0.3 is 24.1 Å². The Morgan fingerprint density at radius 2 is 1.75 bits per heavy atom. The fraction of sp³-hybridized carbons (Fsp3) is 0.412. The first-order valence-corrected chi connectivity index (χ1v) is 8.09. The van der Waals surface area contributed by atoms with E-state index in [1.165, 1.54) is 19.1 Å². The molecule has 0 spiro atoms. The van der Waals surface area contributed by atoms with Gasteiger partial charge in [0.05, 0.1) is 18.2 Å². The summed E-state index contributed by atoms with van der Waals surface area (Å²) in [6.07, 6.45) is -5.86. The summed E-state index contributed by atoms with van der Waals surface area (Å²) in [4.78, 5) is 24.0. The number of urea groups is 1. The molecule has 28 heavy (non-hydrogen) atoms. The first-order valence-electron chi connectivity index (χ1n) is 8.09. The Hall–Kier alpha value is -2.85. The van der Waals surface area contributed by atoms with Crippen LogP contribution in [0, 0.1) is 0 Å². The number of hydrogen-bond acceptors (Lipinski definition) is 4. The normalized spacial score (nSPS) is 17.7. The van der Waals surface area contributed by atoms with Crippen molar-refractivity contribution >= 4 is 12.0 Å². The van der Waals surface area contributed by atoms with E-state index in [2.05, 4.69) is 15.4 Å². The number of alkyl halides is 5. The van der Waals surface area contributed by atoms with Gasteiger partial charge in [0.2, 0.25) is 0 Å². The SMILES string of the molecule is CCOc1ccc([C@@H]2NC(=O)NC(C)=C2C(=O)OCC(F)(F)C(F)(F)F)cc1. The summed E-state index contributed by atoms with van der Waals surface area (Å²) in [5.41, 5.74) is 0.0666. The van der Waals surface area contributed by atoms with Crippen LogP contribution in [0.3, 0.4) is 0 Å². The number of amides is 2. The van der Waals surface area contributed by atoms with Crippen molar-refractivity contribution in [1.82, 2.24) is 10.6 Å². The highest BCUT2D eigenvalue weighted by Crippen LogP contribution is 2.36. The third-order valence-corrected chi connectivity index (χ3v) is 3.81. The van der Waals surface area contributed by atoms with E-state index in [0.29, 0.717) is 17.9 Å². The van der Waals surface area contributed by atoms with Gasteiger partial charge in [-0.1, -0.05) is 12.1 Å². The molecule has 0 saturated carbocycles.